The number of carbonyl (C=O) groups is 1. The molecule has 172 valence electrons. The highest BCUT2D eigenvalue weighted by molar-refractivity contribution is 6.19. The summed E-state index contributed by atoms with van der Waals surface area (Å²) in [4.78, 5) is 12.1. The molecule has 0 bridgehead atoms. The first-order valence-corrected chi connectivity index (χ1v) is 10.0. The Morgan fingerprint density at radius 3 is 2.19 bits per heavy atom. The van der Waals surface area contributed by atoms with Crippen molar-refractivity contribution in [1.29, 1.82) is 0 Å². The summed E-state index contributed by atoms with van der Waals surface area (Å²) in [5.41, 5.74) is 3.76. The van der Waals surface area contributed by atoms with E-state index in [1.807, 2.05) is 24.3 Å². The van der Waals surface area contributed by atoms with E-state index in [9.17, 15) is 4.79 Å². The number of hydrogen-bond acceptors (Lipinski definition) is 8. The molecule has 0 saturated carbocycles. The highest BCUT2D eigenvalue weighted by Crippen LogP contribution is 2.43. The van der Waals surface area contributed by atoms with Crippen LogP contribution >= 0.6 is 11.6 Å². The van der Waals surface area contributed by atoms with Gasteiger partial charge in [-0.2, -0.15) is 10.2 Å². The van der Waals surface area contributed by atoms with Crippen LogP contribution in [0.15, 0.2) is 40.6 Å². The lowest BCUT2D eigenvalue weighted by atomic mass is 9.99. The van der Waals surface area contributed by atoms with Gasteiger partial charge in [-0.3, -0.25) is 4.79 Å². The van der Waals surface area contributed by atoms with Gasteiger partial charge in [0.15, 0.2) is 11.5 Å². The van der Waals surface area contributed by atoms with Gasteiger partial charge in [0, 0.05) is 23.4 Å². The monoisotopic (exact) mass is 462 g/mol. The zero-order chi connectivity index (χ0) is 22.4. The summed E-state index contributed by atoms with van der Waals surface area (Å²) in [6.45, 7) is 0.396. The SMILES string of the molecule is COc1ccc(C2=C(c3cc(OC)c(OC)c(OC)c3)N=NC2)cc1NC(=O)CCCl.N. The van der Waals surface area contributed by atoms with Crippen molar-refractivity contribution in [2.45, 2.75) is 6.42 Å². The fraction of sp³-hybridized carbons (Fsp3) is 0.318. The van der Waals surface area contributed by atoms with Crippen molar-refractivity contribution < 1.29 is 23.7 Å². The third-order valence-corrected chi connectivity index (χ3v) is 4.96. The third kappa shape index (κ3) is 5.12. The summed E-state index contributed by atoms with van der Waals surface area (Å²) in [7, 11) is 6.22. The number of benzene rings is 2. The van der Waals surface area contributed by atoms with Gasteiger partial charge in [-0.1, -0.05) is 6.07 Å². The van der Waals surface area contributed by atoms with Crippen LogP contribution in [-0.2, 0) is 4.79 Å². The number of methoxy groups -OCH3 is 4. The van der Waals surface area contributed by atoms with Gasteiger partial charge >= 0.3 is 0 Å². The second kappa shape index (κ2) is 11.4. The fourth-order valence-electron chi connectivity index (χ4n) is 3.28. The molecule has 3 rings (SSSR count). The van der Waals surface area contributed by atoms with Crippen molar-refractivity contribution in [2.75, 3.05) is 46.2 Å². The van der Waals surface area contributed by atoms with Crippen LogP contribution in [0.1, 0.15) is 17.5 Å². The zero-order valence-electron chi connectivity index (χ0n) is 18.5. The van der Waals surface area contributed by atoms with Crippen molar-refractivity contribution in [3.63, 3.8) is 0 Å². The van der Waals surface area contributed by atoms with Crippen molar-refractivity contribution in [1.82, 2.24) is 6.15 Å². The molecule has 0 radical (unpaired) electrons. The lowest BCUT2D eigenvalue weighted by Gasteiger charge is -2.15. The maximum absolute atomic E-state index is 12.1. The van der Waals surface area contributed by atoms with Gasteiger partial charge in [0.2, 0.25) is 11.7 Å². The molecular weight excluding hydrogens is 436 g/mol. The topological polar surface area (TPSA) is 126 Å². The fourth-order valence-corrected chi connectivity index (χ4v) is 3.45. The van der Waals surface area contributed by atoms with Gasteiger partial charge in [-0.25, -0.2) is 0 Å². The highest BCUT2D eigenvalue weighted by atomic mass is 35.5. The molecule has 0 unspecified atom stereocenters. The Hall–Kier alpha value is -3.30. The minimum atomic E-state index is -0.190. The van der Waals surface area contributed by atoms with E-state index < -0.39 is 0 Å². The van der Waals surface area contributed by atoms with Crippen LogP contribution in [0.25, 0.3) is 11.3 Å². The van der Waals surface area contributed by atoms with Crippen LogP contribution in [0.5, 0.6) is 23.0 Å². The lowest BCUT2D eigenvalue weighted by molar-refractivity contribution is -0.115. The Morgan fingerprint density at radius 1 is 0.969 bits per heavy atom. The van der Waals surface area contributed by atoms with E-state index in [1.54, 1.807) is 34.5 Å². The van der Waals surface area contributed by atoms with E-state index in [1.165, 1.54) is 0 Å². The zero-order valence-corrected chi connectivity index (χ0v) is 19.3. The van der Waals surface area contributed by atoms with Gasteiger partial charge in [0.1, 0.15) is 5.75 Å². The maximum Gasteiger partial charge on any atom is 0.225 e. The Morgan fingerprint density at radius 2 is 1.62 bits per heavy atom. The summed E-state index contributed by atoms with van der Waals surface area (Å²) < 4.78 is 21.7. The third-order valence-electron chi connectivity index (χ3n) is 4.77. The molecule has 2 aromatic rings. The van der Waals surface area contributed by atoms with Gasteiger partial charge in [0.05, 0.1) is 46.4 Å². The van der Waals surface area contributed by atoms with Crippen LogP contribution in [-0.4, -0.2) is 46.8 Å². The summed E-state index contributed by atoms with van der Waals surface area (Å²) in [6.07, 6.45) is 0.207. The second-order valence-electron chi connectivity index (χ2n) is 6.54. The number of hydrogen-bond donors (Lipinski definition) is 2. The second-order valence-corrected chi connectivity index (χ2v) is 6.92. The quantitative estimate of drug-likeness (QED) is 0.516. The van der Waals surface area contributed by atoms with E-state index in [0.29, 0.717) is 40.9 Å². The van der Waals surface area contributed by atoms with E-state index in [0.717, 1.165) is 16.7 Å². The normalized spacial score (nSPS) is 12.3. The van der Waals surface area contributed by atoms with Gasteiger partial charge in [-0.05, 0) is 29.8 Å². The first-order valence-electron chi connectivity index (χ1n) is 9.51. The molecule has 0 aromatic heterocycles. The molecular formula is C22H27ClN4O5. The molecule has 4 N–H and O–H groups in total. The van der Waals surface area contributed by atoms with Gasteiger partial charge in [-0.15, -0.1) is 11.6 Å². The molecule has 1 amide bonds. The average Bonchev–Trinajstić information content (AvgIpc) is 3.28. The number of anilines is 1. The Balaban J connectivity index is 0.00000363. The summed E-state index contributed by atoms with van der Waals surface area (Å²) in [6, 6.07) is 9.19. The molecule has 1 heterocycles. The minimum absolute atomic E-state index is 0. The Bertz CT molecular complexity index is 1010. The Kier molecular flexibility index (Phi) is 8.86. The number of carbonyl (C=O) groups excluding carboxylic acids is 1. The van der Waals surface area contributed by atoms with Gasteiger partial charge < -0.3 is 30.4 Å². The number of rotatable bonds is 9. The number of alkyl halides is 1. The molecule has 0 saturated heterocycles. The van der Waals surface area contributed by atoms with Crippen LogP contribution in [0, 0.1) is 0 Å². The lowest BCUT2D eigenvalue weighted by Crippen LogP contribution is -2.12. The average molecular weight is 463 g/mol. The molecule has 2 aromatic carbocycles. The van der Waals surface area contributed by atoms with E-state index in [-0.39, 0.29) is 24.4 Å². The number of nitrogens with zero attached hydrogens (tertiary/aromatic N) is 2. The van der Waals surface area contributed by atoms with Gasteiger partial charge in [0.25, 0.3) is 0 Å². The summed E-state index contributed by atoms with van der Waals surface area (Å²) in [5.74, 6) is 2.14. The number of azo groups is 1. The van der Waals surface area contributed by atoms with Crippen molar-refractivity contribution >= 4 is 34.5 Å². The first-order chi connectivity index (χ1) is 15.1. The van der Waals surface area contributed by atoms with Crippen molar-refractivity contribution in [3.8, 4) is 23.0 Å². The molecule has 0 aliphatic carbocycles. The number of ether oxygens (including phenoxy) is 4. The standard InChI is InChI=1S/C22H24ClN3O5.H3N/c1-28-17-6-5-13(9-16(17)25-20(27)7-8-23)15-12-24-26-21(15)14-10-18(29-2)22(31-4)19(11-14)30-3;/h5-6,9-11H,7-8,12H2,1-4H3,(H,25,27);1H3. The predicted molar refractivity (Wildman–Crippen MR) is 125 cm³/mol. The Labute approximate surface area is 191 Å². The molecule has 10 heteroatoms. The number of halogens is 1. The van der Waals surface area contributed by atoms with Crippen LogP contribution < -0.4 is 30.4 Å². The molecule has 0 fully saturated rings. The van der Waals surface area contributed by atoms with Crippen LogP contribution in [0.4, 0.5) is 5.69 Å². The molecule has 1 aliphatic heterocycles. The van der Waals surface area contributed by atoms with Crippen LogP contribution in [0.2, 0.25) is 0 Å². The molecule has 32 heavy (non-hydrogen) atoms. The van der Waals surface area contributed by atoms with Crippen molar-refractivity contribution in [3.05, 3.63) is 41.5 Å². The van der Waals surface area contributed by atoms with E-state index in [4.69, 9.17) is 30.5 Å². The largest absolute Gasteiger partial charge is 0.495 e. The molecule has 9 nitrogen and oxygen atoms in total. The van der Waals surface area contributed by atoms with E-state index >= 15 is 0 Å². The van der Waals surface area contributed by atoms with Crippen molar-refractivity contribution in [2.24, 2.45) is 10.2 Å². The first kappa shape index (κ1) is 25.0. The predicted octanol–water partition coefficient (Wildman–Crippen LogP) is 4.78. The minimum Gasteiger partial charge on any atom is -0.495 e. The summed E-state index contributed by atoms with van der Waals surface area (Å²) >= 11 is 5.68. The molecule has 0 atom stereocenters. The molecule has 1 aliphatic rings. The van der Waals surface area contributed by atoms with Crippen LogP contribution in [0.3, 0.4) is 0 Å². The number of nitrogens with one attached hydrogen (secondary N) is 1. The smallest absolute Gasteiger partial charge is 0.225 e. The van der Waals surface area contributed by atoms with E-state index in [2.05, 4.69) is 15.5 Å². The highest BCUT2D eigenvalue weighted by Gasteiger charge is 2.22. The maximum atomic E-state index is 12.1. The molecule has 0 spiro atoms. The number of amides is 1. The summed E-state index contributed by atoms with van der Waals surface area (Å²) in [5, 5.41) is 11.4.